The summed E-state index contributed by atoms with van der Waals surface area (Å²) >= 11 is 0. The van der Waals surface area contributed by atoms with Crippen LogP contribution in [0.1, 0.15) is 32.8 Å². The van der Waals surface area contributed by atoms with Crippen LogP contribution in [0.4, 0.5) is 0 Å². The first-order chi connectivity index (χ1) is 16.1. The summed E-state index contributed by atoms with van der Waals surface area (Å²) in [4.78, 5) is 0. The van der Waals surface area contributed by atoms with E-state index in [0.29, 0.717) is 0 Å². The van der Waals surface area contributed by atoms with Crippen molar-refractivity contribution in [3.05, 3.63) is 156 Å². The van der Waals surface area contributed by atoms with Gasteiger partial charge in [-0.15, -0.1) is 0 Å². The highest BCUT2D eigenvalue weighted by Gasteiger charge is 2.33. The zero-order valence-corrected chi connectivity index (χ0v) is 19.1. The van der Waals surface area contributed by atoms with Gasteiger partial charge in [-0.2, -0.15) is 0 Å². The van der Waals surface area contributed by atoms with Crippen LogP contribution in [-0.2, 0) is 9.84 Å². The first kappa shape index (κ1) is 22.5. The molecule has 0 amide bonds. The Morgan fingerprint density at radius 3 is 1.09 bits per heavy atom. The summed E-state index contributed by atoms with van der Waals surface area (Å²) in [6, 6.07) is 38.4. The molecule has 0 aliphatic heterocycles. The molecule has 0 aliphatic carbocycles. The van der Waals surface area contributed by atoms with Crippen LogP contribution in [0.5, 0.6) is 0 Å². The lowest BCUT2D eigenvalue weighted by atomic mass is 10.1. The minimum atomic E-state index is -3.68. The highest BCUT2D eigenvalue weighted by Crippen LogP contribution is 2.37. The normalized spacial score (nSPS) is 13.8. The molecule has 0 N–H and O–H groups in total. The van der Waals surface area contributed by atoms with Crippen molar-refractivity contribution in [1.82, 2.24) is 0 Å². The highest BCUT2D eigenvalue weighted by molar-refractivity contribution is 7.92. The van der Waals surface area contributed by atoms with Gasteiger partial charge in [-0.05, 0) is 22.3 Å². The van der Waals surface area contributed by atoms with Gasteiger partial charge >= 0.3 is 0 Å². The molecule has 0 bridgehead atoms. The van der Waals surface area contributed by atoms with E-state index in [1.54, 1.807) is 12.2 Å². The summed E-state index contributed by atoms with van der Waals surface area (Å²) in [5, 5.41) is -1.57. The van der Waals surface area contributed by atoms with Crippen LogP contribution < -0.4 is 0 Å². The molecule has 0 spiro atoms. The van der Waals surface area contributed by atoms with Gasteiger partial charge in [-0.3, -0.25) is 0 Å². The van der Waals surface area contributed by atoms with Crippen LogP contribution in [0.25, 0.3) is 12.2 Å². The van der Waals surface area contributed by atoms with Gasteiger partial charge < -0.3 is 0 Å². The molecule has 0 aromatic heterocycles. The second-order valence-corrected chi connectivity index (χ2v) is 9.98. The maximum absolute atomic E-state index is 14.2. The molecule has 2 unspecified atom stereocenters. The maximum atomic E-state index is 14.2. The minimum Gasteiger partial charge on any atom is -0.227 e. The summed E-state index contributed by atoms with van der Waals surface area (Å²) < 4.78 is 28.3. The average Bonchev–Trinajstić information content (AvgIpc) is 2.87. The predicted molar refractivity (Wildman–Crippen MR) is 138 cm³/mol. The molecule has 0 radical (unpaired) electrons. The van der Waals surface area contributed by atoms with Crippen molar-refractivity contribution < 1.29 is 8.42 Å². The average molecular weight is 451 g/mol. The fraction of sp³-hybridized carbons (Fsp3) is 0.0667. The quantitative estimate of drug-likeness (QED) is 0.282. The molecule has 164 valence electrons. The first-order valence-electron chi connectivity index (χ1n) is 10.9. The third kappa shape index (κ3) is 5.76. The van der Waals surface area contributed by atoms with Crippen LogP contribution in [0, 0.1) is 0 Å². The Labute approximate surface area is 196 Å². The molecule has 33 heavy (non-hydrogen) atoms. The van der Waals surface area contributed by atoms with Gasteiger partial charge in [0.2, 0.25) is 0 Å². The SMILES string of the molecule is O=S(=O)(C(C=Cc1ccccc1)c1ccccc1)C(C=Cc1ccccc1)c1ccccc1. The molecule has 3 heteroatoms. The van der Waals surface area contributed by atoms with Crippen LogP contribution >= 0.6 is 0 Å². The third-order valence-electron chi connectivity index (χ3n) is 5.49. The largest absolute Gasteiger partial charge is 0.227 e. The lowest BCUT2D eigenvalue weighted by Crippen LogP contribution is -2.19. The molecule has 2 nitrogen and oxygen atoms in total. The summed E-state index contributed by atoms with van der Waals surface area (Å²) in [6.45, 7) is 0. The third-order valence-corrected chi connectivity index (χ3v) is 7.76. The Morgan fingerprint density at radius 2 is 0.758 bits per heavy atom. The van der Waals surface area contributed by atoms with E-state index in [4.69, 9.17) is 0 Å². The van der Waals surface area contributed by atoms with Crippen molar-refractivity contribution in [1.29, 1.82) is 0 Å². The van der Waals surface area contributed by atoms with Crippen molar-refractivity contribution in [3.63, 3.8) is 0 Å². The Kier molecular flexibility index (Phi) is 7.33. The molecular formula is C30H26O2S. The van der Waals surface area contributed by atoms with Crippen LogP contribution in [0.15, 0.2) is 133 Å². The van der Waals surface area contributed by atoms with Crippen LogP contribution in [-0.4, -0.2) is 8.42 Å². The van der Waals surface area contributed by atoms with E-state index in [9.17, 15) is 8.42 Å². The molecular weight excluding hydrogens is 424 g/mol. The number of rotatable bonds is 8. The molecule has 0 aliphatic rings. The fourth-order valence-corrected chi connectivity index (χ4v) is 5.77. The lowest BCUT2D eigenvalue weighted by Gasteiger charge is -2.21. The number of hydrogen-bond acceptors (Lipinski definition) is 2. The van der Waals surface area contributed by atoms with Gasteiger partial charge in [0.15, 0.2) is 9.84 Å². The van der Waals surface area contributed by atoms with E-state index in [0.717, 1.165) is 22.3 Å². The van der Waals surface area contributed by atoms with Crippen LogP contribution in [0.2, 0.25) is 0 Å². The zero-order chi connectivity index (χ0) is 22.9. The van der Waals surface area contributed by atoms with Crippen molar-refractivity contribution in [2.75, 3.05) is 0 Å². The molecule has 2 atom stereocenters. The van der Waals surface area contributed by atoms with Gasteiger partial charge in [0.25, 0.3) is 0 Å². The second kappa shape index (κ2) is 10.8. The van der Waals surface area contributed by atoms with Gasteiger partial charge in [0.05, 0.1) is 0 Å². The summed E-state index contributed by atoms with van der Waals surface area (Å²) in [5.41, 5.74) is 3.42. The second-order valence-electron chi connectivity index (χ2n) is 7.79. The summed E-state index contributed by atoms with van der Waals surface area (Å²) in [6.07, 6.45) is 7.37. The monoisotopic (exact) mass is 450 g/mol. The molecule has 4 rings (SSSR count). The topological polar surface area (TPSA) is 34.1 Å². The molecule has 4 aromatic rings. The van der Waals surface area contributed by atoms with E-state index in [1.165, 1.54) is 0 Å². The predicted octanol–water partition coefficient (Wildman–Crippen LogP) is 7.31. The fourth-order valence-electron chi connectivity index (χ4n) is 3.79. The van der Waals surface area contributed by atoms with Gasteiger partial charge in [-0.25, -0.2) is 8.42 Å². The van der Waals surface area contributed by atoms with Crippen LogP contribution in [0.3, 0.4) is 0 Å². The van der Waals surface area contributed by atoms with Gasteiger partial charge in [0, 0.05) is 0 Å². The number of sulfone groups is 1. The number of benzene rings is 4. The van der Waals surface area contributed by atoms with Gasteiger partial charge in [-0.1, -0.05) is 146 Å². The smallest absolute Gasteiger partial charge is 0.171 e. The minimum absolute atomic E-state index is 0.749. The van der Waals surface area contributed by atoms with Crippen molar-refractivity contribution >= 4 is 22.0 Å². The van der Waals surface area contributed by atoms with Crippen molar-refractivity contribution in [3.8, 4) is 0 Å². The maximum Gasteiger partial charge on any atom is 0.171 e. The molecule has 0 saturated heterocycles. The van der Waals surface area contributed by atoms with E-state index in [-0.39, 0.29) is 0 Å². The molecule has 4 aromatic carbocycles. The van der Waals surface area contributed by atoms with E-state index in [1.807, 2.05) is 133 Å². The van der Waals surface area contributed by atoms with Crippen molar-refractivity contribution in [2.45, 2.75) is 10.5 Å². The zero-order valence-electron chi connectivity index (χ0n) is 18.2. The Balaban J connectivity index is 1.79. The first-order valence-corrected chi connectivity index (χ1v) is 12.5. The standard InChI is InChI=1S/C30H26O2S/c31-33(32,29(27-17-9-3-10-18-27)23-21-25-13-5-1-6-14-25)30(28-19-11-4-12-20-28)24-22-26-15-7-2-8-16-26/h1-24,29-30H. The van der Waals surface area contributed by atoms with E-state index >= 15 is 0 Å². The van der Waals surface area contributed by atoms with E-state index in [2.05, 4.69) is 0 Å². The number of hydrogen-bond donors (Lipinski definition) is 0. The lowest BCUT2D eigenvalue weighted by molar-refractivity contribution is 0.584. The molecule has 0 heterocycles. The summed E-state index contributed by atoms with van der Waals surface area (Å²) in [7, 11) is -3.68. The van der Waals surface area contributed by atoms with E-state index < -0.39 is 20.3 Å². The Bertz CT molecular complexity index is 1200. The highest BCUT2D eigenvalue weighted by atomic mass is 32.2. The molecule has 0 fully saturated rings. The van der Waals surface area contributed by atoms with Crippen molar-refractivity contribution in [2.24, 2.45) is 0 Å². The summed E-state index contributed by atoms with van der Waals surface area (Å²) in [5.74, 6) is 0. The molecule has 0 saturated carbocycles. The Morgan fingerprint density at radius 1 is 0.455 bits per heavy atom. The Hall–Kier alpha value is -3.69. The van der Waals surface area contributed by atoms with Gasteiger partial charge in [0.1, 0.15) is 10.5 Å².